The van der Waals surface area contributed by atoms with Crippen LogP contribution in [0.4, 0.5) is 5.69 Å². The van der Waals surface area contributed by atoms with E-state index in [0.717, 1.165) is 5.56 Å². The Morgan fingerprint density at radius 3 is 2.48 bits per heavy atom. The zero-order valence-corrected chi connectivity index (χ0v) is 20.2. The summed E-state index contributed by atoms with van der Waals surface area (Å²) in [7, 11) is 1.54. The summed E-state index contributed by atoms with van der Waals surface area (Å²) in [4.78, 5) is 28.7. The number of amides is 2. The summed E-state index contributed by atoms with van der Waals surface area (Å²) in [6.07, 6.45) is 3.22. The molecule has 2 amide bonds. The van der Waals surface area contributed by atoms with Crippen molar-refractivity contribution in [3.63, 3.8) is 0 Å². The molecule has 2 aromatic rings. The summed E-state index contributed by atoms with van der Waals surface area (Å²) in [5, 5.41) is 3.74. The van der Waals surface area contributed by atoms with Gasteiger partial charge in [-0.25, -0.2) is 0 Å². The van der Waals surface area contributed by atoms with Crippen molar-refractivity contribution in [2.24, 2.45) is 0 Å². The maximum Gasteiger partial charge on any atom is 0.246 e. The maximum atomic E-state index is 12.6. The number of halogens is 2. The molecule has 0 bridgehead atoms. The maximum absolute atomic E-state index is 12.6. The molecule has 1 aliphatic heterocycles. The number of piperazine rings is 1. The molecule has 33 heavy (non-hydrogen) atoms. The SMILES string of the molecule is CCOc1c(Cl)cc(/C=C/C(=O)N2CCN(CC(=O)Nc3ccccc3Cl)CC2)cc1OC. The molecule has 176 valence electrons. The lowest BCUT2D eigenvalue weighted by atomic mass is 10.1. The molecule has 0 spiro atoms. The second-order valence-corrected chi connectivity index (χ2v) is 8.24. The van der Waals surface area contributed by atoms with Crippen molar-refractivity contribution in [2.45, 2.75) is 6.92 Å². The topological polar surface area (TPSA) is 71.1 Å². The van der Waals surface area contributed by atoms with E-state index in [4.69, 9.17) is 32.7 Å². The first-order valence-corrected chi connectivity index (χ1v) is 11.4. The highest BCUT2D eigenvalue weighted by atomic mass is 35.5. The summed E-state index contributed by atoms with van der Waals surface area (Å²) < 4.78 is 10.9. The molecule has 7 nitrogen and oxygen atoms in total. The molecule has 0 aliphatic carbocycles. The monoisotopic (exact) mass is 491 g/mol. The number of methoxy groups -OCH3 is 1. The largest absolute Gasteiger partial charge is 0.493 e. The van der Waals surface area contributed by atoms with Gasteiger partial charge in [-0.1, -0.05) is 35.3 Å². The van der Waals surface area contributed by atoms with E-state index in [1.54, 1.807) is 42.4 Å². The molecule has 1 N–H and O–H groups in total. The standard InChI is InChI=1S/C24H27Cl2N3O4/c1-3-33-24-19(26)14-17(15-21(24)32-2)8-9-23(31)29-12-10-28(11-13-29)16-22(30)27-20-7-5-4-6-18(20)25/h4-9,14-15H,3,10-13,16H2,1-2H3,(H,27,30)/b9-8+. The fourth-order valence-electron chi connectivity index (χ4n) is 3.48. The molecule has 0 unspecified atom stereocenters. The van der Waals surface area contributed by atoms with E-state index in [-0.39, 0.29) is 18.4 Å². The lowest BCUT2D eigenvalue weighted by Gasteiger charge is -2.33. The lowest BCUT2D eigenvalue weighted by molar-refractivity contribution is -0.127. The second-order valence-electron chi connectivity index (χ2n) is 7.43. The number of anilines is 1. The third-order valence-corrected chi connectivity index (χ3v) is 5.77. The first-order valence-electron chi connectivity index (χ1n) is 10.6. The molecule has 9 heteroatoms. The summed E-state index contributed by atoms with van der Waals surface area (Å²) >= 11 is 12.4. The van der Waals surface area contributed by atoms with E-state index in [0.29, 0.717) is 60.0 Å². The number of ether oxygens (including phenoxy) is 2. The first-order chi connectivity index (χ1) is 15.9. The Labute approximate surface area is 203 Å². The van der Waals surface area contributed by atoms with Crippen LogP contribution in [0.15, 0.2) is 42.5 Å². The number of nitrogens with zero attached hydrogens (tertiary/aromatic N) is 2. The van der Waals surface area contributed by atoms with Crippen molar-refractivity contribution in [2.75, 3.05) is 51.8 Å². The van der Waals surface area contributed by atoms with Crippen molar-refractivity contribution in [3.05, 3.63) is 58.1 Å². The first kappa shape index (κ1) is 24.9. The van der Waals surface area contributed by atoms with Crippen LogP contribution >= 0.6 is 23.2 Å². The molecule has 0 saturated carbocycles. The van der Waals surface area contributed by atoms with Crippen LogP contribution in [-0.2, 0) is 9.59 Å². The van der Waals surface area contributed by atoms with E-state index in [2.05, 4.69) is 5.32 Å². The highest BCUT2D eigenvalue weighted by molar-refractivity contribution is 6.33. The molecule has 1 aliphatic rings. The van der Waals surface area contributed by atoms with Gasteiger partial charge in [0.15, 0.2) is 11.5 Å². The molecular formula is C24H27Cl2N3O4. The molecule has 1 heterocycles. The van der Waals surface area contributed by atoms with Gasteiger partial charge in [0.05, 0.1) is 36.0 Å². The highest BCUT2D eigenvalue weighted by Gasteiger charge is 2.21. The lowest BCUT2D eigenvalue weighted by Crippen LogP contribution is -2.50. The van der Waals surface area contributed by atoms with Crippen LogP contribution in [0.3, 0.4) is 0 Å². The van der Waals surface area contributed by atoms with Gasteiger partial charge in [0.25, 0.3) is 0 Å². The summed E-state index contributed by atoms with van der Waals surface area (Å²) in [6.45, 7) is 4.88. The zero-order chi connectivity index (χ0) is 23.8. The number of para-hydroxylation sites is 1. The van der Waals surface area contributed by atoms with Crippen molar-refractivity contribution in [1.29, 1.82) is 0 Å². The van der Waals surface area contributed by atoms with Crippen LogP contribution in [0.5, 0.6) is 11.5 Å². The number of carbonyl (C=O) groups excluding carboxylic acids is 2. The van der Waals surface area contributed by atoms with Gasteiger partial charge in [-0.2, -0.15) is 0 Å². The van der Waals surface area contributed by atoms with Crippen LogP contribution in [0, 0.1) is 0 Å². The average Bonchev–Trinajstić information content (AvgIpc) is 2.81. The van der Waals surface area contributed by atoms with Gasteiger partial charge < -0.3 is 19.7 Å². The molecule has 0 atom stereocenters. The zero-order valence-electron chi connectivity index (χ0n) is 18.6. The minimum atomic E-state index is -0.135. The van der Waals surface area contributed by atoms with Gasteiger partial charge in [0, 0.05) is 32.3 Å². The minimum absolute atomic E-state index is 0.0980. The second kappa shape index (κ2) is 11.9. The fourth-order valence-corrected chi connectivity index (χ4v) is 3.93. The van der Waals surface area contributed by atoms with Gasteiger partial charge in [0.2, 0.25) is 11.8 Å². The van der Waals surface area contributed by atoms with Crippen molar-refractivity contribution in [3.8, 4) is 11.5 Å². The normalized spacial score (nSPS) is 14.4. The molecule has 0 aromatic heterocycles. The number of nitrogens with one attached hydrogen (secondary N) is 1. The molecule has 0 radical (unpaired) electrons. The molecule has 2 aromatic carbocycles. The van der Waals surface area contributed by atoms with E-state index in [1.165, 1.54) is 6.08 Å². The van der Waals surface area contributed by atoms with Gasteiger partial charge in [0.1, 0.15) is 0 Å². The summed E-state index contributed by atoms with van der Waals surface area (Å²) in [5.74, 6) is 0.767. The Balaban J connectivity index is 1.51. The van der Waals surface area contributed by atoms with E-state index in [9.17, 15) is 9.59 Å². The number of carbonyl (C=O) groups is 2. The van der Waals surface area contributed by atoms with Crippen molar-refractivity contribution >= 4 is 46.8 Å². The van der Waals surface area contributed by atoms with E-state index < -0.39 is 0 Å². The average molecular weight is 492 g/mol. The van der Waals surface area contributed by atoms with Gasteiger partial charge in [-0.05, 0) is 42.8 Å². The number of hydrogen-bond acceptors (Lipinski definition) is 5. The molecule has 3 rings (SSSR count). The summed E-state index contributed by atoms with van der Waals surface area (Å²) in [5.41, 5.74) is 1.33. The number of rotatable bonds is 8. The number of hydrogen-bond donors (Lipinski definition) is 1. The molecular weight excluding hydrogens is 465 g/mol. The highest BCUT2D eigenvalue weighted by Crippen LogP contribution is 2.36. The molecule has 1 fully saturated rings. The van der Waals surface area contributed by atoms with Gasteiger partial charge in [-0.3, -0.25) is 14.5 Å². The third-order valence-electron chi connectivity index (χ3n) is 5.16. The summed E-state index contributed by atoms with van der Waals surface area (Å²) in [6, 6.07) is 10.6. The Morgan fingerprint density at radius 1 is 1.09 bits per heavy atom. The Bertz CT molecular complexity index is 1020. The van der Waals surface area contributed by atoms with Crippen molar-refractivity contribution in [1.82, 2.24) is 9.80 Å². The van der Waals surface area contributed by atoms with Gasteiger partial charge >= 0.3 is 0 Å². The Morgan fingerprint density at radius 2 is 1.82 bits per heavy atom. The van der Waals surface area contributed by atoms with E-state index in [1.807, 2.05) is 24.0 Å². The van der Waals surface area contributed by atoms with E-state index >= 15 is 0 Å². The van der Waals surface area contributed by atoms with Gasteiger partial charge in [-0.15, -0.1) is 0 Å². The van der Waals surface area contributed by atoms with Crippen LogP contribution < -0.4 is 14.8 Å². The predicted molar refractivity (Wildman–Crippen MR) is 131 cm³/mol. The third kappa shape index (κ3) is 6.87. The minimum Gasteiger partial charge on any atom is -0.493 e. The van der Waals surface area contributed by atoms with Crippen LogP contribution in [0.1, 0.15) is 12.5 Å². The quantitative estimate of drug-likeness (QED) is 0.560. The predicted octanol–water partition coefficient (Wildman–Crippen LogP) is 4.20. The van der Waals surface area contributed by atoms with Crippen LogP contribution in [0.2, 0.25) is 10.0 Å². The number of benzene rings is 2. The van der Waals surface area contributed by atoms with Crippen molar-refractivity contribution < 1.29 is 19.1 Å². The van der Waals surface area contributed by atoms with Crippen LogP contribution in [-0.4, -0.2) is 68.1 Å². The fraction of sp³-hybridized carbons (Fsp3) is 0.333. The molecule has 1 saturated heterocycles. The van der Waals surface area contributed by atoms with Crippen LogP contribution in [0.25, 0.3) is 6.08 Å². The Kier molecular flexibility index (Phi) is 9.00. The Hall–Kier alpha value is -2.74. The smallest absolute Gasteiger partial charge is 0.246 e.